The summed E-state index contributed by atoms with van der Waals surface area (Å²) in [4.78, 5) is 16.2. The molecule has 0 aromatic carbocycles. The Balaban J connectivity index is 1.99. The van der Waals surface area contributed by atoms with Crippen LogP contribution in [0.15, 0.2) is 49.1 Å². The summed E-state index contributed by atoms with van der Waals surface area (Å²) < 4.78 is 0. The Morgan fingerprint density at radius 3 is 2.81 bits per heavy atom. The minimum Gasteiger partial charge on any atom is -0.392 e. The minimum absolute atomic E-state index is 0.0177. The van der Waals surface area contributed by atoms with Crippen molar-refractivity contribution in [1.29, 1.82) is 0 Å². The molecule has 0 aliphatic rings. The Hall–Kier alpha value is -2.79. The first-order valence-electron chi connectivity index (χ1n) is 6.63. The highest BCUT2D eigenvalue weighted by atomic mass is 16.3. The maximum absolute atomic E-state index is 9.27. The highest BCUT2D eigenvalue weighted by Gasteiger charge is 2.09. The van der Waals surface area contributed by atoms with Gasteiger partial charge in [-0.05, 0) is 29.8 Å². The van der Waals surface area contributed by atoms with Crippen LogP contribution in [0.25, 0.3) is 33.2 Å². The van der Waals surface area contributed by atoms with Gasteiger partial charge in [0.15, 0.2) is 0 Å². The number of H-pyrrole nitrogens is 1. The number of hydrogen-bond donors (Lipinski definition) is 2. The average Bonchev–Trinajstić information content (AvgIpc) is 2.92. The molecule has 5 nitrogen and oxygen atoms in total. The van der Waals surface area contributed by atoms with Gasteiger partial charge >= 0.3 is 0 Å². The van der Waals surface area contributed by atoms with E-state index in [1.807, 2.05) is 24.3 Å². The lowest BCUT2D eigenvalue weighted by Crippen LogP contribution is -1.85. The summed E-state index contributed by atoms with van der Waals surface area (Å²) in [6.45, 7) is -0.0177. The smallest absolute Gasteiger partial charge is 0.138 e. The Kier molecular flexibility index (Phi) is 2.65. The molecule has 21 heavy (non-hydrogen) atoms. The quantitative estimate of drug-likeness (QED) is 0.590. The van der Waals surface area contributed by atoms with E-state index in [4.69, 9.17) is 0 Å². The molecule has 4 rings (SSSR count). The van der Waals surface area contributed by atoms with Gasteiger partial charge in [0, 0.05) is 34.9 Å². The van der Waals surface area contributed by atoms with Crippen LogP contribution in [0.5, 0.6) is 0 Å². The third-order valence-electron chi connectivity index (χ3n) is 3.53. The fourth-order valence-electron chi connectivity index (χ4n) is 2.48. The topological polar surface area (TPSA) is 74.7 Å². The predicted octanol–water partition coefficient (Wildman–Crippen LogP) is 2.67. The molecule has 5 heteroatoms. The van der Waals surface area contributed by atoms with Gasteiger partial charge in [0.05, 0.1) is 24.0 Å². The number of nitrogens with one attached hydrogen (secondary N) is 1. The first-order chi connectivity index (χ1) is 10.3. The van der Waals surface area contributed by atoms with Gasteiger partial charge in [0.1, 0.15) is 5.65 Å². The molecule has 0 spiro atoms. The highest BCUT2D eigenvalue weighted by Crippen LogP contribution is 2.27. The largest absolute Gasteiger partial charge is 0.392 e. The van der Waals surface area contributed by atoms with Crippen LogP contribution < -0.4 is 0 Å². The van der Waals surface area contributed by atoms with Crippen molar-refractivity contribution >= 4 is 21.9 Å². The molecule has 2 N–H and O–H groups in total. The van der Waals surface area contributed by atoms with Gasteiger partial charge in [-0.25, -0.2) is 4.98 Å². The van der Waals surface area contributed by atoms with Crippen molar-refractivity contribution in [2.75, 3.05) is 0 Å². The molecule has 0 unspecified atom stereocenters. The second-order valence-corrected chi connectivity index (χ2v) is 4.88. The molecular formula is C16H12N4O. The fourth-order valence-corrected chi connectivity index (χ4v) is 2.48. The monoisotopic (exact) mass is 276 g/mol. The van der Waals surface area contributed by atoms with Crippen LogP contribution in [0, 0.1) is 0 Å². The third kappa shape index (κ3) is 1.95. The third-order valence-corrected chi connectivity index (χ3v) is 3.53. The van der Waals surface area contributed by atoms with E-state index >= 15 is 0 Å². The van der Waals surface area contributed by atoms with Crippen LogP contribution in [0.2, 0.25) is 0 Å². The Morgan fingerprint density at radius 2 is 2.00 bits per heavy atom. The van der Waals surface area contributed by atoms with Gasteiger partial charge in [-0.1, -0.05) is 0 Å². The molecule has 0 aliphatic heterocycles. The van der Waals surface area contributed by atoms with Gasteiger partial charge in [0.25, 0.3) is 0 Å². The van der Waals surface area contributed by atoms with Crippen LogP contribution >= 0.6 is 0 Å². The lowest BCUT2D eigenvalue weighted by Gasteiger charge is -2.00. The van der Waals surface area contributed by atoms with Gasteiger partial charge in [-0.2, -0.15) is 0 Å². The van der Waals surface area contributed by atoms with Crippen molar-refractivity contribution in [2.45, 2.75) is 6.61 Å². The second kappa shape index (κ2) is 4.64. The molecule has 0 radical (unpaired) electrons. The van der Waals surface area contributed by atoms with E-state index in [0.717, 1.165) is 38.8 Å². The molecule has 4 aromatic rings. The molecule has 0 amide bonds. The molecular weight excluding hydrogens is 264 g/mol. The maximum atomic E-state index is 9.27. The Labute approximate surface area is 120 Å². The first kappa shape index (κ1) is 12.0. The molecule has 0 saturated heterocycles. The lowest BCUT2D eigenvalue weighted by molar-refractivity contribution is 0.281. The van der Waals surface area contributed by atoms with Crippen LogP contribution in [-0.4, -0.2) is 25.0 Å². The van der Waals surface area contributed by atoms with Crippen molar-refractivity contribution in [3.05, 3.63) is 54.6 Å². The van der Waals surface area contributed by atoms with Crippen molar-refractivity contribution in [1.82, 2.24) is 19.9 Å². The summed E-state index contributed by atoms with van der Waals surface area (Å²) >= 11 is 0. The van der Waals surface area contributed by atoms with Gasteiger partial charge in [0.2, 0.25) is 0 Å². The van der Waals surface area contributed by atoms with E-state index in [2.05, 4.69) is 19.9 Å². The van der Waals surface area contributed by atoms with Gasteiger partial charge in [-0.3, -0.25) is 9.97 Å². The summed E-state index contributed by atoms with van der Waals surface area (Å²) in [5.74, 6) is 0. The van der Waals surface area contributed by atoms with Crippen molar-refractivity contribution < 1.29 is 5.11 Å². The van der Waals surface area contributed by atoms with E-state index in [1.165, 1.54) is 0 Å². The van der Waals surface area contributed by atoms with E-state index < -0.39 is 0 Å². The van der Waals surface area contributed by atoms with E-state index in [0.29, 0.717) is 0 Å². The molecule has 102 valence electrons. The zero-order valence-electron chi connectivity index (χ0n) is 11.1. The van der Waals surface area contributed by atoms with E-state index in [9.17, 15) is 5.11 Å². The summed E-state index contributed by atoms with van der Waals surface area (Å²) in [6, 6.07) is 7.84. The number of rotatable bonds is 2. The normalized spacial score (nSPS) is 11.3. The Morgan fingerprint density at radius 1 is 1.05 bits per heavy atom. The first-order valence-corrected chi connectivity index (χ1v) is 6.63. The molecule has 0 bridgehead atoms. The van der Waals surface area contributed by atoms with Crippen molar-refractivity contribution in [3.63, 3.8) is 0 Å². The molecule has 0 aliphatic carbocycles. The zero-order chi connectivity index (χ0) is 14.2. The molecule has 0 fully saturated rings. The molecule has 0 atom stereocenters. The molecule has 4 aromatic heterocycles. The van der Waals surface area contributed by atoms with Gasteiger partial charge in [-0.15, -0.1) is 0 Å². The Bertz CT molecular complexity index is 931. The van der Waals surface area contributed by atoms with Crippen LogP contribution in [0.1, 0.15) is 5.56 Å². The van der Waals surface area contributed by atoms with Crippen molar-refractivity contribution in [2.24, 2.45) is 0 Å². The van der Waals surface area contributed by atoms with Crippen LogP contribution in [0.4, 0.5) is 0 Å². The van der Waals surface area contributed by atoms with E-state index in [1.54, 1.807) is 24.8 Å². The SMILES string of the molecule is OCc1cnc2[nH]c3cnc(-c4cccnc4)cc3c2c1. The number of nitrogens with zero attached hydrogens (tertiary/aromatic N) is 3. The number of aromatic nitrogens is 4. The zero-order valence-corrected chi connectivity index (χ0v) is 11.1. The number of aliphatic hydroxyl groups excluding tert-OH is 1. The van der Waals surface area contributed by atoms with Gasteiger partial charge < -0.3 is 10.1 Å². The molecule has 4 heterocycles. The van der Waals surface area contributed by atoms with Crippen LogP contribution in [0.3, 0.4) is 0 Å². The predicted molar refractivity (Wildman–Crippen MR) is 80.5 cm³/mol. The van der Waals surface area contributed by atoms with Crippen LogP contribution in [-0.2, 0) is 6.61 Å². The van der Waals surface area contributed by atoms with Crippen molar-refractivity contribution in [3.8, 4) is 11.3 Å². The number of aliphatic hydroxyl groups is 1. The average molecular weight is 276 g/mol. The maximum Gasteiger partial charge on any atom is 0.138 e. The highest BCUT2D eigenvalue weighted by molar-refractivity contribution is 6.06. The number of fused-ring (bicyclic) bond motifs is 3. The summed E-state index contributed by atoms with van der Waals surface area (Å²) in [5, 5.41) is 11.3. The minimum atomic E-state index is -0.0177. The lowest BCUT2D eigenvalue weighted by atomic mass is 10.1. The second-order valence-electron chi connectivity index (χ2n) is 4.88. The molecule has 0 saturated carbocycles. The summed E-state index contributed by atoms with van der Waals surface area (Å²) in [6.07, 6.45) is 7.01. The standard InChI is InChI=1S/C16H12N4O/c21-9-10-4-13-12-5-14(11-2-1-3-17-7-11)18-8-15(12)20-16(13)19-6-10/h1-8,21H,9H2,(H,19,20). The number of hydrogen-bond acceptors (Lipinski definition) is 4. The number of aromatic amines is 1. The fraction of sp³-hybridized carbons (Fsp3) is 0.0625. The summed E-state index contributed by atoms with van der Waals surface area (Å²) in [5.41, 5.74) is 4.36. The van der Waals surface area contributed by atoms with E-state index in [-0.39, 0.29) is 6.61 Å². The number of pyridine rings is 3. The summed E-state index contributed by atoms with van der Waals surface area (Å²) in [7, 11) is 0.